The molecular formula is C3H8O3PY-. The summed E-state index contributed by atoms with van der Waals surface area (Å²) >= 11 is 0. The van der Waals surface area contributed by atoms with Gasteiger partial charge >= 0.3 is 0 Å². The second-order valence-corrected chi connectivity index (χ2v) is 3.47. The second kappa shape index (κ2) is 4.13. The molecule has 0 aromatic heterocycles. The first-order valence-electron chi connectivity index (χ1n) is 1.81. The Kier molecular flexibility index (Phi) is 6.19. The molecule has 0 aliphatic heterocycles. The van der Waals surface area contributed by atoms with Crippen molar-refractivity contribution in [2.45, 2.75) is 13.8 Å². The van der Waals surface area contributed by atoms with Gasteiger partial charge in [0.2, 0.25) is 0 Å². The van der Waals surface area contributed by atoms with Crippen LogP contribution in [0.25, 0.3) is 0 Å². The fraction of sp³-hybridized carbons (Fsp3) is 0.667. The van der Waals surface area contributed by atoms with Crippen LogP contribution in [0, 0.1) is 5.66 Å². The third-order valence-electron chi connectivity index (χ3n) is 0.583. The van der Waals surface area contributed by atoms with Gasteiger partial charge in [0.25, 0.3) is 0 Å². The maximum absolute atomic E-state index is 9.99. The predicted octanol–water partition coefficient (Wildman–Crippen LogP) is 0.733. The average molecular weight is 212 g/mol. The zero-order valence-electron chi connectivity index (χ0n) is 4.83. The number of rotatable bonds is 1. The Morgan fingerprint density at radius 2 is 1.50 bits per heavy atom. The van der Waals surface area contributed by atoms with E-state index >= 15 is 0 Å². The molecule has 0 aliphatic rings. The first kappa shape index (κ1) is 12.0. The molecule has 0 aromatic carbocycles. The average Bonchev–Trinajstić information content (AvgIpc) is 1.31. The van der Waals surface area contributed by atoms with Crippen molar-refractivity contribution in [3.05, 3.63) is 5.66 Å². The van der Waals surface area contributed by atoms with Crippen LogP contribution < -0.4 is 0 Å². The van der Waals surface area contributed by atoms with Gasteiger partial charge in [0.1, 0.15) is 0 Å². The van der Waals surface area contributed by atoms with Gasteiger partial charge in [0.15, 0.2) is 7.60 Å². The molecule has 0 aromatic rings. The molecule has 0 aliphatic carbocycles. The maximum Gasteiger partial charge on any atom is 0.184 e. The molecule has 1 radical (unpaired) electrons. The Bertz CT molecular complexity index is 96.7. The van der Waals surface area contributed by atoms with E-state index in [1.54, 1.807) is 0 Å². The van der Waals surface area contributed by atoms with E-state index in [4.69, 9.17) is 9.79 Å². The van der Waals surface area contributed by atoms with E-state index in [1.165, 1.54) is 13.8 Å². The van der Waals surface area contributed by atoms with E-state index in [-0.39, 0.29) is 38.4 Å². The van der Waals surface area contributed by atoms with E-state index in [1.807, 2.05) is 0 Å². The Hall–Kier alpha value is 1.25. The minimum absolute atomic E-state index is 0. The molecule has 0 heterocycles. The van der Waals surface area contributed by atoms with Gasteiger partial charge in [-0.15, -0.1) is 0 Å². The first-order valence-corrected chi connectivity index (χ1v) is 3.42. The third-order valence-corrected chi connectivity index (χ3v) is 1.75. The smallest absolute Gasteiger partial charge is 0.184 e. The summed E-state index contributed by atoms with van der Waals surface area (Å²) < 4.78 is 9.99. The van der Waals surface area contributed by atoms with E-state index in [9.17, 15) is 4.57 Å². The van der Waals surface area contributed by atoms with Crippen LogP contribution in [-0.4, -0.2) is 9.79 Å². The van der Waals surface area contributed by atoms with Gasteiger partial charge in [0, 0.05) is 32.7 Å². The van der Waals surface area contributed by atoms with Gasteiger partial charge in [-0.1, -0.05) is 0 Å². The molecule has 0 atom stereocenters. The van der Waals surface area contributed by atoms with Crippen LogP contribution in [0.4, 0.5) is 0 Å². The summed E-state index contributed by atoms with van der Waals surface area (Å²) in [6, 6.07) is 0. The van der Waals surface area contributed by atoms with Crippen LogP contribution in [0.1, 0.15) is 13.8 Å². The Morgan fingerprint density at radius 1 is 1.38 bits per heavy atom. The fourth-order valence-corrected chi connectivity index (χ4v) is 0. The van der Waals surface area contributed by atoms with Gasteiger partial charge in [-0.25, -0.2) is 5.66 Å². The van der Waals surface area contributed by atoms with Crippen molar-refractivity contribution in [3.8, 4) is 0 Å². The van der Waals surface area contributed by atoms with Crippen LogP contribution in [0.2, 0.25) is 0 Å². The maximum atomic E-state index is 9.99. The zero-order valence-corrected chi connectivity index (χ0v) is 8.56. The third kappa shape index (κ3) is 5.39. The molecule has 0 saturated carbocycles. The van der Waals surface area contributed by atoms with E-state index in [2.05, 4.69) is 0 Å². The van der Waals surface area contributed by atoms with Crippen LogP contribution in [-0.2, 0) is 37.3 Å². The van der Waals surface area contributed by atoms with Gasteiger partial charge in [-0.2, -0.15) is 13.8 Å². The summed E-state index contributed by atoms with van der Waals surface area (Å²) in [5, 5.41) is 0. The molecule has 0 bridgehead atoms. The van der Waals surface area contributed by atoms with E-state index < -0.39 is 7.60 Å². The Morgan fingerprint density at radius 3 is 1.50 bits per heavy atom. The van der Waals surface area contributed by atoms with Crippen molar-refractivity contribution in [2.24, 2.45) is 0 Å². The van der Waals surface area contributed by atoms with Crippen LogP contribution in [0.3, 0.4) is 0 Å². The molecule has 0 spiro atoms. The van der Waals surface area contributed by atoms with Crippen LogP contribution in [0.5, 0.6) is 0 Å². The zero-order chi connectivity index (χ0) is 6.08. The minimum atomic E-state index is -3.82. The minimum Gasteiger partial charge on any atom is -0.347 e. The molecule has 0 fully saturated rings. The standard InChI is InChI=1S/C3H8O3P.Y/c1-3(2)7(4,5)6;/h1-2H3,(H2,4,5,6);/q-1;. The van der Waals surface area contributed by atoms with Crippen molar-refractivity contribution >= 4 is 7.60 Å². The van der Waals surface area contributed by atoms with E-state index in [0.717, 1.165) is 0 Å². The summed E-state index contributed by atoms with van der Waals surface area (Å²) in [5.41, 5.74) is 0.160. The molecule has 5 heteroatoms. The number of hydrogen-bond acceptors (Lipinski definition) is 1. The SMILES string of the molecule is C[C-](C)P(=O)(O)O.[Y]. The van der Waals surface area contributed by atoms with Gasteiger partial charge in [-0.05, 0) is 0 Å². The first-order chi connectivity index (χ1) is 2.94. The quantitative estimate of drug-likeness (QED) is 0.497. The van der Waals surface area contributed by atoms with Crippen LogP contribution >= 0.6 is 7.60 Å². The molecule has 47 valence electrons. The summed E-state index contributed by atoms with van der Waals surface area (Å²) in [6.07, 6.45) is 0. The Balaban J connectivity index is 0. The monoisotopic (exact) mass is 212 g/mol. The molecule has 0 rings (SSSR count). The molecular weight excluding hydrogens is 204 g/mol. The van der Waals surface area contributed by atoms with E-state index in [0.29, 0.717) is 0 Å². The van der Waals surface area contributed by atoms with Crippen molar-refractivity contribution < 1.29 is 47.1 Å². The predicted molar refractivity (Wildman–Crippen MR) is 26.6 cm³/mol. The summed E-state index contributed by atoms with van der Waals surface area (Å²) in [6.45, 7) is 2.81. The topological polar surface area (TPSA) is 57.5 Å². The van der Waals surface area contributed by atoms with Crippen LogP contribution in [0.15, 0.2) is 0 Å². The molecule has 0 amide bonds. The summed E-state index contributed by atoms with van der Waals surface area (Å²) in [5.74, 6) is 0. The van der Waals surface area contributed by atoms with Gasteiger partial charge in [-0.3, -0.25) is 4.57 Å². The normalized spacial score (nSPS) is 11.1. The van der Waals surface area contributed by atoms with Crippen molar-refractivity contribution in [3.63, 3.8) is 0 Å². The Labute approximate surface area is 73.9 Å². The molecule has 0 unspecified atom stereocenters. The summed E-state index contributed by atoms with van der Waals surface area (Å²) in [7, 11) is -3.82. The van der Waals surface area contributed by atoms with Gasteiger partial charge < -0.3 is 9.79 Å². The molecule has 0 saturated heterocycles. The van der Waals surface area contributed by atoms with Crippen molar-refractivity contribution in [2.75, 3.05) is 0 Å². The van der Waals surface area contributed by atoms with Crippen molar-refractivity contribution in [1.82, 2.24) is 0 Å². The second-order valence-electron chi connectivity index (χ2n) is 1.49. The molecule has 2 N–H and O–H groups in total. The summed E-state index contributed by atoms with van der Waals surface area (Å²) in [4.78, 5) is 16.3. The molecule has 8 heavy (non-hydrogen) atoms. The fourth-order valence-electron chi connectivity index (χ4n) is 0. The largest absolute Gasteiger partial charge is 0.347 e. The van der Waals surface area contributed by atoms with Gasteiger partial charge in [0.05, 0.1) is 0 Å². The number of hydrogen-bond donors (Lipinski definition) is 2. The van der Waals surface area contributed by atoms with Crippen molar-refractivity contribution in [1.29, 1.82) is 0 Å². The molecule has 3 nitrogen and oxygen atoms in total.